The maximum atomic E-state index is 13.7. The molecule has 0 bridgehead atoms. The lowest BCUT2D eigenvalue weighted by Crippen LogP contribution is -2.57. The number of nitrogens with one attached hydrogen (secondary N) is 8. The topological polar surface area (TPSA) is 561 Å². The molecule has 0 saturated heterocycles. The molecule has 0 aromatic carbocycles. The second-order valence-electron chi connectivity index (χ2n) is 16.4. The molecular formula is C41H72N18O14. The number of rotatable bonds is 38. The van der Waals surface area contributed by atoms with E-state index in [0.29, 0.717) is 0 Å². The van der Waals surface area contributed by atoms with Gasteiger partial charge in [0.05, 0.1) is 19.6 Å². The van der Waals surface area contributed by atoms with Crippen molar-refractivity contribution in [2.45, 2.75) is 121 Å². The van der Waals surface area contributed by atoms with Crippen LogP contribution in [0.4, 0.5) is 0 Å². The highest BCUT2D eigenvalue weighted by molar-refractivity contribution is 5.96. The zero-order valence-electron chi connectivity index (χ0n) is 40.9. The normalized spacial score (nSPS) is 12.6. The highest BCUT2D eigenvalue weighted by Crippen LogP contribution is 2.08. The fourth-order valence-corrected chi connectivity index (χ4v) is 6.03. The van der Waals surface area contributed by atoms with Gasteiger partial charge in [-0.05, 0) is 51.4 Å². The number of primary amides is 1. The second kappa shape index (κ2) is 35.7. The first-order valence-corrected chi connectivity index (χ1v) is 22.9. The van der Waals surface area contributed by atoms with E-state index in [1.807, 2.05) is 0 Å². The van der Waals surface area contributed by atoms with E-state index in [9.17, 15) is 62.6 Å². The summed E-state index contributed by atoms with van der Waals surface area (Å²) in [5.41, 5.74) is 37.7. The fourth-order valence-electron chi connectivity index (χ4n) is 6.03. The first kappa shape index (κ1) is 64.7. The number of carbonyl (C=O) groups excluding carboxylic acids is 10. The van der Waals surface area contributed by atoms with Crippen LogP contribution >= 0.6 is 0 Å². The Morgan fingerprint density at radius 1 is 0.397 bits per heavy atom. The van der Waals surface area contributed by atoms with Crippen LogP contribution in [0.25, 0.3) is 0 Å². The van der Waals surface area contributed by atoms with Gasteiger partial charge in [0.15, 0.2) is 17.9 Å². The van der Waals surface area contributed by atoms with Gasteiger partial charge in [-0.25, -0.2) is 0 Å². The molecular weight excluding hydrogens is 969 g/mol. The third kappa shape index (κ3) is 32.2. The molecule has 0 saturated carbocycles. The number of carboxylic acid groups (broad SMARTS) is 2. The number of hydrogen-bond acceptors (Lipinski definition) is 15. The van der Waals surface area contributed by atoms with Gasteiger partial charge in [-0.15, -0.1) is 0 Å². The Morgan fingerprint density at radius 2 is 0.740 bits per heavy atom. The number of ketones is 1. The Labute approximate surface area is 419 Å². The SMILES string of the molecule is CC(C)C(=O)CCC(=O)NC(CCC(=O)O)C(=O)NC(CCC(=O)O)C(=O)NCC(=O)NCC(=O)NCC(=O)NC(CCCN=C(N)N)C(=O)NC(CCCN=C(N)N)C(=O)NC(CCCN=C(N)N)C(N)=O. The average molecular weight is 1040 g/mol. The van der Waals surface area contributed by atoms with Gasteiger partial charge in [0.1, 0.15) is 36.0 Å². The van der Waals surface area contributed by atoms with Crippen molar-refractivity contribution < 1.29 is 67.7 Å². The molecule has 24 N–H and O–H groups in total. The van der Waals surface area contributed by atoms with Crippen LogP contribution in [0.3, 0.4) is 0 Å². The first-order valence-electron chi connectivity index (χ1n) is 22.9. The third-order valence-electron chi connectivity index (χ3n) is 9.92. The molecule has 32 heteroatoms. The van der Waals surface area contributed by atoms with E-state index in [-0.39, 0.29) is 101 Å². The van der Waals surface area contributed by atoms with Crippen molar-refractivity contribution in [2.75, 3.05) is 39.3 Å². The predicted molar refractivity (Wildman–Crippen MR) is 260 cm³/mol. The summed E-state index contributed by atoms with van der Waals surface area (Å²) in [7, 11) is 0. The van der Waals surface area contributed by atoms with Crippen LogP contribution in [-0.2, 0) is 57.5 Å². The number of carboxylic acids is 2. The molecule has 0 aromatic heterocycles. The van der Waals surface area contributed by atoms with Gasteiger partial charge in [0.2, 0.25) is 53.2 Å². The van der Waals surface area contributed by atoms with E-state index in [2.05, 4.69) is 57.5 Å². The maximum Gasteiger partial charge on any atom is 0.303 e. The molecule has 0 spiro atoms. The lowest BCUT2D eigenvalue weighted by atomic mass is 10.0. The van der Waals surface area contributed by atoms with Crippen LogP contribution in [0, 0.1) is 5.92 Å². The van der Waals surface area contributed by atoms with Crippen molar-refractivity contribution in [3.8, 4) is 0 Å². The summed E-state index contributed by atoms with van der Waals surface area (Å²) in [6.07, 6.45) is -2.21. The molecule has 0 aliphatic carbocycles. The summed E-state index contributed by atoms with van der Waals surface area (Å²) in [5, 5.41) is 37.0. The number of amides is 9. The van der Waals surface area contributed by atoms with E-state index in [0.717, 1.165) is 0 Å². The maximum absolute atomic E-state index is 13.7. The molecule has 0 aromatic rings. The molecule has 0 aliphatic rings. The Balaban J connectivity index is 5.77. The van der Waals surface area contributed by atoms with E-state index in [4.69, 9.17) is 45.2 Å². The number of guanidine groups is 3. The lowest BCUT2D eigenvalue weighted by Gasteiger charge is -2.25. The molecule has 0 heterocycles. The van der Waals surface area contributed by atoms with E-state index < -0.39 is 141 Å². The monoisotopic (exact) mass is 1040 g/mol. The molecule has 410 valence electrons. The average Bonchev–Trinajstić information content (AvgIpc) is 3.30. The number of aliphatic carboxylic acids is 2. The third-order valence-corrected chi connectivity index (χ3v) is 9.92. The van der Waals surface area contributed by atoms with Crippen LogP contribution < -0.4 is 82.7 Å². The van der Waals surface area contributed by atoms with Crippen molar-refractivity contribution in [3.05, 3.63) is 0 Å². The zero-order valence-corrected chi connectivity index (χ0v) is 40.9. The van der Waals surface area contributed by atoms with Crippen molar-refractivity contribution in [1.29, 1.82) is 0 Å². The molecule has 0 radical (unpaired) electrons. The van der Waals surface area contributed by atoms with Crippen molar-refractivity contribution in [3.63, 3.8) is 0 Å². The summed E-state index contributed by atoms with van der Waals surface area (Å²) >= 11 is 0. The number of nitrogens with zero attached hydrogens (tertiary/aromatic N) is 3. The molecule has 5 unspecified atom stereocenters. The van der Waals surface area contributed by atoms with Gasteiger partial charge in [0.25, 0.3) is 0 Å². The van der Waals surface area contributed by atoms with Crippen LogP contribution in [0.2, 0.25) is 0 Å². The van der Waals surface area contributed by atoms with Crippen LogP contribution in [0.5, 0.6) is 0 Å². The quantitative estimate of drug-likeness (QED) is 0.0155. The van der Waals surface area contributed by atoms with Crippen molar-refractivity contribution in [2.24, 2.45) is 61.0 Å². The van der Waals surface area contributed by atoms with Crippen molar-refractivity contribution >= 4 is 88.8 Å². The molecule has 73 heavy (non-hydrogen) atoms. The number of nitrogens with two attached hydrogens (primary N) is 7. The van der Waals surface area contributed by atoms with Gasteiger partial charge in [-0.3, -0.25) is 72.5 Å². The first-order chi connectivity index (χ1) is 34.2. The van der Waals surface area contributed by atoms with Crippen LogP contribution in [0.15, 0.2) is 15.0 Å². The highest BCUT2D eigenvalue weighted by atomic mass is 16.4. The summed E-state index contributed by atoms with van der Waals surface area (Å²) < 4.78 is 0. The largest absolute Gasteiger partial charge is 0.481 e. The van der Waals surface area contributed by atoms with Crippen molar-refractivity contribution in [1.82, 2.24) is 42.5 Å². The van der Waals surface area contributed by atoms with E-state index in [1.165, 1.54) is 0 Å². The van der Waals surface area contributed by atoms with E-state index >= 15 is 0 Å². The van der Waals surface area contributed by atoms with Gasteiger partial charge >= 0.3 is 11.9 Å². The van der Waals surface area contributed by atoms with Gasteiger partial charge in [0, 0.05) is 51.2 Å². The Morgan fingerprint density at radius 3 is 1.14 bits per heavy atom. The molecule has 0 aliphatic heterocycles. The Bertz CT molecular complexity index is 2020. The van der Waals surface area contributed by atoms with E-state index in [1.54, 1.807) is 13.8 Å². The standard InChI is InChI=1S/C41H72N18O14/c1-21(2)27(60)11-12-28(61)55-26(10-14-33(67)68)38(73)59-25(9-13-32(65)66)35(70)54-19-30(63)52-18-29(62)53-20-31(64)56-23(7-4-16-50-40(45)46)36(71)58-24(8-5-17-51-41(47)48)37(72)57-22(34(42)69)6-3-15-49-39(43)44/h21-26H,3-20H2,1-2H3,(H2,42,69)(H,52,63)(H,53,62)(H,54,70)(H,55,61)(H,56,64)(H,57,72)(H,58,71)(H,59,73)(H,65,66)(H,67,68)(H4,43,44,49)(H4,45,46,50)(H4,47,48,51). The minimum atomic E-state index is -1.60. The molecule has 9 amide bonds. The minimum Gasteiger partial charge on any atom is -0.481 e. The second-order valence-corrected chi connectivity index (χ2v) is 16.4. The number of hydrogen-bond donors (Lipinski definition) is 17. The number of aliphatic imine (C=N–C) groups is 3. The smallest absolute Gasteiger partial charge is 0.303 e. The molecule has 0 fully saturated rings. The summed E-state index contributed by atoms with van der Waals surface area (Å²) in [6, 6.07) is -6.97. The van der Waals surface area contributed by atoms with Crippen LogP contribution in [-0.4, -0.2) is 168 Å². The van der Waals surface area contributed by atoms with Gasteiger partial charge in [-0.1, -0.05) is 13.8 Å². The van der Waals surface area contributed by atoms with Gasteiger partial charge in [-0.2, -0.15) is 0 Å². The summed E-state index contributed by atoms with van der Waals surface area (Å²) in [4.78, 5) is 162. The summed E-state index contributed by atoms with van der Waals surface area (Å²) in [5.74, 6) is -12.2. The fraction of sp³-hybridized carbons (Fsp3) is 0.634. The highest BCUT2D eigenvalue weighted by Gasteiger charge is 2.30. The summed E-state index contributed by atoms with van der Waals surface area (Å²) in [6.45, 7) is 1.17. The number of Topliss-reactive ketones (excluding diaryl/α,β-unsaturated/α-hetero) is 1. The van der Waals surface area contributed by atoms with Crippen LogP contribution in [0.1, 0.15) is 90.9 Å². The Kier molecular flexibility index (Phi) is 31.6. The molecule has 5 atom stereocenters. The van der Waals surface area contributed by atoms with Gasteiger partial charge < -0.3 is 92.9 Å². The Hall–Kier alpha value is -8.35. The zero-order chi connectivity index (χ0) is 55.6. The predicted octanol–water partition coefficient (Wildman–Crippen LogP) is -7.86. The minimum absolute atomic E-state index is 0.0252. The lowest BCUT2D eigenvalue weighted by molar-refractivity contribution is -0.139. The number of carbonyl (C=O) groups is 12. The molecule has 32 nitrogen and oxygen atoms in total. The molecule has 0 rings (SSSR count).